The molecule has 14 heavy (non-hydrogen) atoms. The van der Waals surface area contributed by atoms with E-state index in [1.54, 1.807) is 0 Å². The lowest BCUT2D eigenvalue weighted by molar-refractivity contribution is 1.27. The first-order valence-corrected chi connectivity index (χ1v) is 7.88. The maximum Gasteiger partial charge on any atom is 0.0346 e. The van der Waals surface area contributed by atoms with Crippen LogP contribution in [-0.4, -0.2) is 19.6 Å². The van der Waals surface area contributed by atoms with Crippen LogP contribution in [0.25, 0.3) is 0 Å². The second-order valence-electron chi connectivity index (χ2n) is 4.73. The second-order valence-corrected chi connectivity index (χ2v) is 8.92. The van der Waals surface area contributed by atoms with Gasteiger partial charge in [0, 0.05) is 5.69 Å². The number of nitrogens with two attached hydrogens (primary N) is 1. The average Bonchev–Trinajstić information content (AvgIpc) is 1.97. The molecule has 78 valence electrons. The van der Waals surface area contributed by atoms with Crippen molar-refractivity contribution in [2.75, 3.05) is 19.1 Å². The van der Waals surface area contributed by atoms with Gasteiger partial charge < -0.3 is 5.73 Å². The molecule has 2 N–H and O–H groups in total. The van der Waals surface area contributed by atoms with E-state index >= 15 is 0 Å². The highest BCUT2D eigenvalue weighted by Gasteiger charge is 2.06. The zero-order valence-electron chi connectivity index (χ0n) is 9.59. The lowest BCUT2D eigenvalue weighted by atomic mass is 10.1. The summed E-state index contributed by atoms with van der Waals surface area (Å²) in [6, 6.07) is 4.28. The van der Waals surface area contributed by atoms with Crippen molar-refractivity contribution >= 4 is 18.9 Å². The van der Waals surface area contributed by atoms with Gasteiger partial charge in [-0.3, -0.25) is 0 Å². The van der Waals surface area contributed by atoms with E-state index in [2.05, 4.69) is 45.6 Å². The van der Waals surface area contributed by atoms with Gasteiger partial charge >= 0.3 is 0 Å². The van der Waals surface area contributed by atoms with Gasteiger partial charge in [0.1, 0.15) is 0 Å². The van der Waals surface area contributed by atoms with Crippen molar-refractivity contribution in [2.24, 2.45) is 0 Å². The molecule has 0 aromatic heterocycles. The van der Waals surface area contributed by atoms with Crippen molar-refractivity contribution < 1.29 is 0 Å². The summed E-state index contributed by atoms with van der Waals surface area (Å²) >= 11 is 0. The fourth-order valence-electron chi connectivity index (χ4n) is 1.55. The van der Waals surface area contributed by atoms with E-state index in [1.165, 1.54) is 16.7 Å². The largest absolute Gasteiger partial charge is 0.399 e. The summed E-state index contributed by atoms with van der Waals surface area (Å²) in [5, 5.41) is 0. The van der Waals surface area contributed by atoms with Gasteiger partial charge in [-0.1, -0.05) is 6.07 Å². The fraction of sp³-hybridized carbons (Fsp3) is 0.417. The van der Waals surface area contributed by atoms with Crippen molar-refractivity contribution in [3.63, 3.8) is 0 Å². The molecule has 0 radical (unpaired) electrons. The highest BCUT2D eigenvalue weighted by molar-refractivity contribution is 7.71. The minimum atomic E-state index is -1.01. The summed E-state index contributed by atoms with van der Waals surface area (Å²) in [7, 11) is 0. The quantitative estimate of drug-likeness (QED) is 0.588. The van der Waals surface area contributed by atoms with Crippen molar-refractivity contribution in [1.29, 1.82) is 0 Å². The van der Waals surface area contributed by atoms with E-state index in [4.69, 9.17) is 5.73 Å². The van der Waals surface area contributed by atoms with E-state index in [1.807, 2.05) is 0 Å². The molecule has 0 aliphatic rings. The minimum absolute atomic E-state index is 0.902. The Morgan fingerprint density at radius 2 is 1.79 bits per heavy atom. The van der Waals surface area contributed by atoms with E-state index in [0.29, 0.717) is 0 Å². The van der Waals surface area contributed by atoms with Gasteiger partial charge in [0.15, 0.2) is 0 Å². The Hall–Kier alpha value is -0.680. The van der Waals surface area contributed by atoms with Gasteiger partial charge in [0.25, 0.3) is 0 Å². The maximum absolute atomic E-state index is 5.90. The minimum Gasteiger partial charge on any atom is -0.399 e. The lowest BCUT2D eigenvalue weighted by Gasteiger charge is -2.16. The van der Waals surface area contributed by atoms with Crippen LogP contribution in [0.1, 0.15) is 16.7 Å². The lowest BCUT2D eigenvalue weighted by Crippen LogP contribution is -1.96. The Labute approximate surface area is 87.3 Å². The molecule has 0 saturated carbocycles. The Balaban J connectivity index is 3.11. The Morgan fingerprint density at radius 1 is 1.21 bits per heavy atom. The second kappa shape index (κ2) is 3.82. The Morgan fingerprint density at radius 3 is 2.29 bits per heavy atom. The van der Waals surface area contributed by atoms with Crippen LogP contribution in [0.2, 0.25) is 0 Å². The summed E-state index contributed by atoms with van der Waals surface area (Å²) < 4.78 is 0. The zero-order chi connectivity index (χ0) is 10.9. The summed E-state index contributed by atoms with van der Waals surface area (Å²) in [6.07, 6.45) is 5.32. The number of hydrogen-bond donors (Lipinski definition) is 1. The SMILES string of the molecule is C=P(C)(C)Cc1cc(N)c(C)cc1C. The fourth-order valence-corrected chi connectivity index (χ4v) is 2.81. The van der Waals surface area contributed by atoms with Gasteiger partial charge in [-0.05, 0) is 56.1 Å². The molecule has 0 aliphatic heterocycles. The number of rotatable bonds is 2. The smallest absolute Gasteiger partial charge is 0.0346 e. The van der Waals surface area contributed by atoms with Gasteiger partial charge in [0.2, 0.25) is 0 Å². The first-order chi connectivity index (χ1) is 6.29. The van der Waals surface area contributed by atoms with Crippen LogP contribution in [0.4, 0.5) is 5.69 Å². The van der Waals surface area contributed by atoms with Crippen LogP contribution in [0.5, 0.6) is 0 Å². The molecule has 0 bridgehead atoms. The molecule has 0 unspecified atom stereocenters. The highest BCUT2D eigenvalue weighted by Crippen LogP contribution is 2.41. The van der Waals surface area contributed by atoms with E-state index in [9.17, 15) is 0 Å². The number of benzene rings is 1. The molecule has 1 aromatic rings. The first-order valence-electron chi connectivity index (χ1n) is 4.82. The van der Waals surface area contributed by atoms with Gasteiger partial charge in [-0.2, -0.15) is 0 Å². The number of nitrogen functional groups attached to an aromatic ring is 1. The van der Waals surface area contributed by atoms with Crippen LogP contribution >= 0.6 is 6.89 Å². The van der Waals surface area contributed by atoms with E-state index < -0.39 is 6.89 Å². The van der Waals surface area contributed by atoms with Crippen molar-refractivity contribution in [1.82, 2.24) is 0 Å². The molecule has 1 nitrogen and oxygen atoms in total. The predicted molar refractivity (Wildman–Crippen MR) is 69.9 cm³/mol. The molecule has 1 aromatic carbocycles. The predicted octanol–water partition coefficient (Wildman–Crippen LogP) is 3.09. The third-order valence-corrected chi connectivity index (χ3v) is 3.52. The topological polar surface area (TPSA) is 26.0 Å². The number of aryl methyl sites for hydroxylation is 2. The van der Waals surface area contributed by atoms with Gasteiger partial charge in [0.05, 0.1) is 0 Å². The highest BCUT2D eigenvalue weighted by atomic mass is 31.2. The number of anilines is 1. The Kier molecular flexibility index (Phi) is 3.11. The normalized spacial score (nSPS) is 11.7. The molecule has 0 atom stereocenters. The molecule has 0 amide bonds. The van der Waals surface area contributed by atoms with Crippen LogP contribution in [0.15, 0.2) is 12.1 Å². The van der Waals surface area contributed by atoms with Gasteiger partial charge in [-0.15, -0.1) is 13.2 Å². The third kappa shape index (κ3) is 2.92. The van der Waals surface area contributed by atoms with E-state index in [0.717, 1.165) is 11.8 Å². The molecule has 1 rings (SSSR count). The van der Waals surface area contributed by atoms with Crippen molar-refractivity contribution in [3.8, 4) is 0 Å². The van der Waals surface area contributed by atoms with Crippen molar-refractivity contribution in [3.05, 3.63) is 28.8 Å². The molecule has 0 spiro atoms. The van der Waals surface area contributed by atoms with Gasteiger partial charge in [-0.25, -0.2) is 0 Å². The number of hydrogen-bond acceptors (Lipinski definition) is 1. The molecular weight excluding hydrogens is 189 g/mol. The first kappa shape index (κ1) is 11.4. The molecule has 2 heteroatoms. The summed E-state index contributed by atoms with van der Waals surface area (Å²) in [5.41, 5.74) is 10.7. The van der Waals surface area contributed by atoms with Crippen LogP contribution in [-0.2, 0) is 6.16 Å². The summed E-state index contributed by atoms with van der Waals surface area (Å²) in [6.45, 7) is 7.70. The molecule has 0 fully saturated rings. The van der Waals surface area contributed by atoms with Crippen LogP contribution < -0.4 is 5.73 Å². The molecule has 0 heterocycles. The zero-order valence-corrected chi connectivity index (χ0v) is 10.5. The summed E-state index contributed by atoms with van der Waals surface area (Å²) in [4.78, 5) is 0. The maximum atomic E-state index is 5.90. The third-order valence-electron chi connectivity index (χ3n) is 2.32. The monoisotopic (exact) mass is 209 g/mol. The van der Waals surface area contributed by atoms with Crippen LogP contribution in [0.3, 0.4) is 0 Å². The summed E-state index contributed by atoms with van der Waals surface area (Å²) in [5.74, 6) is 0. The standard InChI is InChI=1S/C12H20NP/c1-9-6-10(2)12(13)7-11(9)8-14(3,4)5/h6-7H,3,8,13H2,1-2,4-5H3. The Bertz CT molecular complexity index is 388. The molecule has 0 saturated heterocycles. The van der Waals surface area contributed by atoms with Crippen molar-refractivity contribution in [2.45, 2.75) is 20.0 Å². The van der Waals surface area contributed by atoms with E-state index in [-0.39, 0.29) is 0 Å². The molecular formula is C12H20NP. The molecule has 0 aliphatic carbocycles. The average molecular weight is 209 g/mol. The van der Waals surface area contributed by atoms with Crippen LogP contribution in [0, 0.1) is 13.8 Å².